The summed E-state index contributed by atoms with van der Waals surface area (Å²) in [5.74, 6) is -0.178. The second-order valence-electron chi connectivity index (χ2n) is 2.63. The van der Waals surface area contributed by atoms with Crippen molar-refractivity contribution in [2.75, 3.05) is 13.2 Å². The molecule has 1 aromatic heterocycles. The molecule has 0 saturated heterocycles. The Morgan fingerprint density at radius 2 is 2.46 bits per heavy atom. The molecule has 0 aliphatic heterocycles. The van der Waals surface area contributed by atoms with E-state index < -0.39 is 0 Å². The van der Waals surface area contributed by atoms with Gasteiger partial charge in [-0.2, -0.15) is 0 Å². The van der Waals surface area contributed by atoms with Crippen LogP contribution in [0.3, 0.4) is 0 Å². The first-order chi connectivity index (χ1) is 6.15. The third-order valence-electron chi connectivity index (χ3n) is 1.60. The number of aliphatic hydroxyl groups is 1. The van der Waals surface area contributed by atoms with Crippen LogP contribution >= 0.6 is 15.9 Å². The Balaban J connectivity index is 2.70. The number of halogens is 1. The molecule has 1 heterocycles. The molecule has 5 heteroatoms. The SMILES string of the molecule is Cn1cc(Br)cc1C(=O)NCCO. The lowest BCUT2D eigenvalue weighted by molar-refractivity contribution is 0.0936. The molecular weight excluding hydrogens is 236 g/mol. The van der Waals surface area contributed by atoms with Crippen LogP contribution in [0.1, 0.15) is 10.5 Å². The molecule has 0 aliphatic rings. The van der Waals surface area contributed by atoms with Crippen LogP contribution < -0.4 is 5.32 Å². The van der Waals surface area contributed by atoms with Gasteiger partial charge in [0.15, 0.2) is 0 Å². The van der Waals surface area contributed by atoms with Crippen LogP contribution in [0.15, 0.2) is 16.7 Å². The van der Waals surface area contributed by atoms with Crippen molar-refractivity contribution in [2.45, 2.75) is 0 Å². The lowest BCUT2D eigenvalue weighted by Gasteiger charge is -2.03. The van der Waals surface area contributed by atoms with Crippen molar-refractivity contribution in [1.82, 2.24) is 9.88 Å². The van der Waals surface area contributed by atoms with Crippen LogP contribution in [0.4, 0.5) is 0 Å². The highest BCUT2D eigenvalue weighted by Crippen LogP contribution is 2.13. The van der Waals surface area contributed by atoms with Gasteiger partial charge in [0.25, 0.3) is 5.91 Å². The number of rotatable bonds is 3. The largest absolute Gasteiger partial charge is 0.395 e. The predicted octanol–water partition coefficient (Wildman–Crippen LogP) is 0.510. The van der Waals surface area contributed by atoms with Gasteiger partial charge in [0.05, 0.1) is 6.61 Å². The van der Waals surface area contributed by atoms with Crippen molar-refractivity contribution in [3.63, 3.8) is 0 Å². The smallest absolute Gasteiger partial charge is 0.268 e. The van der Waals surface area contributed by atoms with Gasteiger partial charge in [0, 0.05) is 24.3 Å². The molecule has 0 atom stereocenters. The number of nitrogens with zero attached hydrogens (tertiary/aromatic N) is 1. The Kier molecular flexibility index (Phi) is 3.50. The highest BCUT2D eigenvalue weighted by molar-refractivity contribution is 9.10. The van der Waals surface area contributed by atoms with Gasteiger partial charge in [0.1, 0.15) is 5.69 Å². The molecule has 0 aromatic carbocycles. The number of aliphatic hydroxyl groups excluding tert-OH is 1. The molecule has 0 fully saturated rings. The number of carbonyl (C=O) groups excluding carboxylic acids is 1. The molecule has 0 spiro atoms. The molecule has 72 valence electrons. The second kappa shape index (κ2) is 4.43. The number of nitrogens with one attached hydrogen (secondary N) is 1. The van der Waals surface area contributed by atoms with Crippen LogP contribution in [-0.2, 0) is 7.05 Å². The molecule has 0 radical (unpaired) electrons. The Labute approximate surface area is 84.7 Å². The molecule has 0 saturated carbocycles. The normalized spacial score (nSPS) is 10.1. The fourth-order valence-corrected chi connectivity index (χ4v) is 1.53. The molecule has 4 nitrogen and oxygen atoms in total. The average molecular weight is 247 g/mol. The van der Waals surface area contributed by atoms with Gasteiger partial charge in [-0.1, -0.05) is 0 Å². The molecule has 0 aliphatic carbocycles. The number of carbonyl (C=O) groups is 1. The van der Waals surface area contributed by atoms with Crippen molar-refractivity contribution >= 4 is 21.8 Å². The minimum absolute atomic E-state index is 0.0443. The van der Waals surface area contributed by atoms with E-state index >= 15 is 0 Å². The fourth-order valence-electron chi connectivity index (χ4n) is 1.01. The zero-order valence-electron chi connectivity index (χ0n) is 7.25. The van der Waals surface area contributed by atoms with E-state index in [4.69, 9.17) is 5.11 Å². The Bertz CT molecular complexity index is 309. The molecule has 13 heavy (non-hydrogen) atoms. The van der Waals surface area contributed by atoms with E-state index in [1.807, 2.05) is 0 Å². The summed E-state index contributed by atoms with van der Waals surface area (Å²) in [5, 5.41) is 11.1. The first-order valence-electron chi connectivity index (χ1n) is 3.86. The zero-order valence-corrected chi connectivity index (χ0v) is 8.84. The highest BCUT2D eigenvalue weighted by atomic mass is 79.9. The second-order valence-corrected chi connectivity index (χ2v) is 3.55. The molecular formula is C8H11BrN2O2. The molecule has 1 rings (SSSR count). The molecule has 1 amide bonds. The number of aryl methyl sites for hydroxylation is 1. The lowest BCUT2D eigenvalue weighted by Crippen LogP contribution is -2.27. The number of amides is 1. The van der Waals surface area contributed by atoms with Gasteiger partial charge in [-0.3, -0.25) is 4.79 Å². The van der Waals surface area contributed by atoms with Gasteiger partial charge in [-0.15, -0.1) is 0 Å². The van der Waals surface area contributed by atoms with Crippen molar-refractivity contribution < 1.29 is 9.90 Å². The van der Waals surface area contributed by atoms with E-state index in [1.54, 1.807) is 23.9 Å². The highest BCUT2D eigenvalue weighted by Gasteiger charge is 2.09. The van der Waals surface area contributed by atoms with Gasteiger partial charge in [0.2, 0.25) is 0 Å². The van der Waals surface area contributed by atoms with Gasteiger partial charge < -0.3 is 15.0 Å². The van der Waals surface area contributed by atoms with Crippen LogP contribution in [-0.4, -0.2) is 28.7 Å². The topological polar surface area (TPSA) is 54.3 Å². The van der Waals surface area contributed by atoms with Gasteiger partial charge in [-0.05, 0) is 22.0 Å². The lowest BCUT2D eigenvalue weighted by atomic mass is 10.4. The first-order valence-corrected chi connectivity index (χ1v) is 4.65. The van der Waals surface area contributed by atoms with E-state index in [0.717, 1.165) is 4.47 Å². The number of aromatic nitrogens is 1. The number of hydrogen-bond acceptors (Lipinski definition) is 2. The monoisotopic (exact) mass is 246 g/mol. The summed E-state index contributed by atoms with van der Waals surface area (Å²) >= 11 is 3.27. The van der Waals surface area contributed by atoms with Crippen LogP contribution in [0.2, 0.25) is 0 Å². The minimum atomic E-state index is -0.178. The van der Waals surface area contributed by atoms with E-state index in [0.29, 0.717) is 5.69 Å². The standard InChI is InChI=1S/C8H11BrN2O2/c1-11-5-6(9)4-7(11)8(13)10-2-3-12/h4-5,12H,2-3H2,1H3,(H,10,13). The van der Waals surface area contributed by atoms with Gasteiger partial charge >= 0.3 is 0 Å². The maximum absolute atomic E-state index is 11.4. The number of hydrogen-bond donors (Lipinski definition) is 2. The summed E-state index contributed by atoms with van der Waals surface area (Å²) in [7, 11) is 1.79. The average Bonchev–Trinajstić information content (AvgIpc) is 2.41. The third kappa shape index (κ3) is 2.57. The summed E-state index contributed by atoms with van der Waals surface area (Å²) < 4.78 is 2.58. The van der Waals surface area contributed by atoms with E-state index in [9.17, 15) is 4.79 Å². The van der Waals surface area contributed by atoms with E-state index in [-0.39, 0.29) is 19.1 Å². The minimum Gasteiger partial charge on any atom is -0.395 e. The maximum Gasteiger partial charge on any atom is 0.268 e. The third-order valence-corrected chi connectivity index (χ3v) is 2.04. The summed E-state index contributed by atoms with van der Waals surface area (Å²) in [6, 6.07) is 1.73. The molecule has 0 bridgehead atoms. The summed E-state index contributed by atoms with van der Waals surface area (Å²) in [6.45, 7) is 0.235. The van der Waals surface area contributed by atoms with Crippen molar-refractivity contribution in [3.05, 3.63) is 22.4 Å². The Hall–Kier alpha value is -0.810. The fraction of sp³-hybridized carbons (Fsp3) is 0.375. The Morgan fingerprint density at radius 1 is 1.77 bits per heavy atom. The quantitative estimate of drug-likeness (QED) is 0.817. The summed E-state index contributed by atoms with van der Waals surface area (Å²) in [4.78, 5) is 11.4. The Morgan fingerprint density at radius 3 is 2.92 bits per heavy atom. The zero-order chi connectivity index (χ0) is 9.84. The molecule has 2 N–H and O–H groups in total. The maximum atomic E-state index is 11.4. The van der Waals surface area contributed by atoms with Crippen LogP contribution in [0, 0.1) is 0 Å². The van der Waals surface area contributed by atoms with Crippen molar-refractivity contribution in [1.29, 1.82) is 0 Å². The van der Waals surface area contributed by atoms with Gasteiger partial charge in [-0.25, -0.2) is 0 Å². The van der Waals surface area contributed by atoms with Crippen molar-refractivity contribution in [2.24, 2.45) is 7.05 Å². The summed E-state index contributed by atoms with van der Waals surface area (Å²) in [5.41, 5.74) is 0.570. The summed E-state index contributed by atoms with van der Waals surface area (Å²) in [6.07, 6.45) is 1.80. The molecule has 0 unspecified atom stereocenters. The molecule has 1 aromatic rings. The van der Waals surface area contributed by atoms with E-state index in [1.165, 1.54) is 0 Å². The van der Waals surface area contributed by atoms with Crippen LogP contribution in [0.25, 0.3) is 0 Å². The predicted molar refractivity (Wildman–Crippen MR) is 52.5 cm³/mol. The first kappa shape index (κ1) is 10.3. The van der Waals surface area contributed by atoms with E-state index in [2.05, 4.69) is 21.2 Å². The van der Waals surface area contributed by atoms with Crippen molar-refractivity contribution in [3.8, 4) is 0 Å². The van der Waals surface area contributed by atoms with Crippen LogP contribution in [0.5, 0.6) is 0 Å².